The average Bonchev–Trinajstić information content (AvgIpc) is 3.07. The average molecular weight is 438 g/mol. The first kappa shape index (κ1) is 20.3. The Kier molecular flexibility index (Phi) is 5.54. The zero-order valence-electron chi connectivity index (χ0n) is 17.9. The van der Waals surface area contributed by atoms with Crippen molar-refractivity contribution in [1.29, 1.82) is 0 Å². The van der Waals surface area contributed by atoms with Crippen molar-refractivity contribution in [3.63, 3.8) is 0 Å². The summed E-state index contributed by atoms with van der Waals surface area (Å²) in [6.07, 6.45) is 4.44. The van der Waals surface area contributed by atoms with Crippen molar-refractivity contribution in [3.05, 3.63) is 36.8 Å². The molecule has 0 bridgehead atoms. The van der Waals surface area contributed by atoms with E-state index < -0.39 is 0 Å². The van der Waals surface area contributed by atoms with Gasteiger partial charge in [-0.2, -0.15) is 5.10 Å². The Morgan fingerprint density at radius 3 is 2.77 bits per heavy atom. The van der Waals surface area contributed by atoms with Gasteiger partial charge in [0.25, 0.3) is 0 Å². The smallest absolute Gasteiger partial charge is 0.241 e. The fourth-order valence-electron chi connectivity index (χ4n) is 4.34. The van der Waals surface area contributed by atoms with Gasteiger partial charge >= 0.3 is 0 Å². The van der Waals surface area contributed by atoms with Crippen molar-refractivity contribution in [2.24, 2.45) is 7.05 Å². The lowest BCUT2D eigenvalue weighted by atomic mass is 10.2. The molecule has 0 radical (unpaired) electrons. The van der Waals surface area contributed by atoms with Crippen molar-refractivity contribution >= 4 is 40.2 Å². The summed E-state index contributed by atoms with van der Waals surface area (Å²) in [5.41, 5.74) is 1.90. The molecule has 1 atom stereocenters. The summed E-state index contributed by atoms with van der Waals surface area (Å²) in [5, 5.41) is 5.80. The molecule has 0 saturated carbocycles. The van der Waals surface area contributed by atoms with Crippen molar-refractivity contribution < 1.29 is 4.79 Å². The normalized spacial score (nSPS) is 20.0. The highest BCUT2D eigenvalue weighted by Gasteiger charge is 2.27. The maximum Gasteiger partial charge on any atom is 0.241 e. The standard InChI is InChI=1S/C22H27N7OS/c1-16-7-8-29(18-5-3-4-6-19(18)31-16)20(30)14-27-9-11-28(12-10-27)22-17-13-25-26(2)21(17)23-15-24-22/h3-6,13,15-16H,7-12,14H2,1-2H3. The Labute approximate surface area is 186 Å². The molecule has 0 N–H and O–H groups in total. The van der Waals surface area contributed by atoms with Gasteiger partial charge in [-0.25, -0.2) is 9.97 Å². The molecule has 4 heterocycles. The van der Waals surface area contributed by atoms with Crippen LogP contribution >= 0.6 is 11.8 Å². The summed E-state index contributed by atoms with van der Waals surface area (Å²) in [5.74, 6) is 1.11. The number of hydrogen-bond donors (Lipinski definition) is 0. The van der Waals surface area contributed by atoms with Crippen LogP contribution in [0.3, 0.4) is 0 Å². The lowest BCUT2D eigenvalue weighted by Crippen LogP contribution is -2.50. The van der Waals surface area contributed by atoms with Crippen molar-refractivity contribution in [1.82, 2.24) is 24.6 Å². The maximum atomic E-state index is 13.2. The first-order chi connectivity index (χ1) is 15.1. The summed E-state index contributed by atoms with van der Waals surface area (Å²) >= 11 is 1.87. The molecule has 1 fully saturated rings. The van der Waals surface area contributed by atoms with E-state index in [0.29, 0.717) is 11.8 Å². The largest absolute Gasteiger partial charge is 0.353 e. The quantitative estimate of drug-likeness (QED) is 0.623. The first-order valence-corrected chi connectivity index (χ1v) is 11.6. The molecule has 1 aromatic carbocycles. The fraction of sp³-hybridized carbons (Fsp3) is 0.455. The Morgan fingerprint density at radius 2 is 1.94 bits per heavy atom. The highest BCUT2D eigenvalue weighted by atomic mass is 32.2. The van der Waals surface area contributed by atoms with Gasteiger partial charge in [-0.05, 0) is 18.6 Å². The Morgan fingerprint density at radius 1 is 1.13 bits per heavy atom. The number of aromatic nitrogens is 4. The van der Waals surface area contributed by atoms with Crippen molar-refractivity contribution in [2.75, 3.05) is 49.1 Å². The van der Waals surface area contributed by atoms with Gasteiger partial charge in [0.15, 0.2) is 5.65 Å². The molecule has 9 heteroatoms. The minimum atomic E-state index is 0.187. The number of fused-ring (bicyclic) bond motifs is 2. The van der Waals surface area contributed by atoms with E-state index in [4.69, 9.17) is 0 Å². The van der Waals surface area contributed by atoms with Crippen LogP contribution in [0.4, 0.5) is 11.5 Å². The molecule has 3 aromatic rings. The molecule has 31 heavy (non-hydrogen) atoms. The molecule has 2 aliphatic heterocycles. The van der Waals surface area contributed by atoms with Gasteiger partial charge in [0.1, 0.15) is 12.1 Å². The third kappa shape index (κ3) is 3.99. The lowest BCUT2D eigenvalue weighted by Gasteiger charge is -2.36. The SMILES string of the molecule is CC1CCN(C(=O)CN2CCN(c3ncnc4c3cnn4C)CC2)c2ccccc2S1. The van der Waals surface area contributed by atoms with Gasteiger partial charge in [-0.15, -0.1) is 11.8 Å². The van der Waals surface area contributed by atoms with E-state index in [9.17, 15) is 4.79 Å². The van der Waals surface area contributed by atoms with E-state index in [0.717, 1.165) is 61.7 Å². The highest BCUT2D eigenvalue weighted by Crippen LogP contribution is 2.37. The van der Waals surface area contributed by atoms with Crippen LogP contribution < -0.4 is 9.80 Å². The van der Waals surface area contributed by atoms with Gasteiger partial charge in [0.05, 0.1) is 23.8 Å². The number of para-hydroxylation sites is 1. The van der Waals surface area contributed by atoms with Gasteiger partial charge in [-0.1, -0.05) is 19.1 Å². The molecule has 0 spiro atoms. The number of carbonyl (C=O) groups is 1. The minimum Gasteiger partial charge on any atom is -0.353 e. The van der Waals surface area contributed by atoms with Gasteiger partial charge < -0.3 is 9.80 Å². The second-order valence-electron chi connectivity index (χ2n) is 8.20. The van der Waals surface area contributed by atoms with Crippen LogP contribution in [0.25, 0.3) is 11.0 Å². The fourth-order valence-corrected chi connectivity index (χ4v) is 5.45. The molecule has 162 valence electrons. The van der Waals surface area contributed by atoms with Crippen LogP contribution in [-0.2, 0) is 11.8 Å². The third-order valence-corrected chi connectivity index (χ3v) is 7.32. The van der Waals surface area contributed by atoms with Crippen LogP contribution in [0.15, 0.2) is 41.7 Å². The van der Waals surface area contributed by atoms with Gasteiger partial charge in [0.2, 0.25) is 5.91 Å². The van der Waals surface area contributed by atoms with E-state index in [1.54, 1.807) is 11.0 Å². The van der Waals surface area contributed by atoms with E-state index in [1.165, 1.54) is 4.90 Å². The number of thioether (sulfide) groups is 1. The summed E-state index contributed by atoms with van der Waals surface area (Å²) in [4.78, 5) is 29.8. The number of aryl methyl sites for hydroxylation is 1. The number of anilines is 2. The zero-order valence-corrected chi connectivity index (χ0v) is 18.8. The topological polar surface area (TPSA) is 70.4 Å². The number of rotatable bonds is 3. The lowest BCUT2D eigenvalue weighted by molar-refractivity contribution is -0.119. The van der Waals surface area contributed by atoms with Crippen LogP contribution in [0.2, 0.25) is 0 Å². The molecule has 8 nitrogen and oxygen atoms in total. The Bertz CT molecular complexity index is 1090. The number of carbonyl (C=O) groups excluding carboxylic acids is 1. The molecular weight excluding hydrogens is 410 g/mol. The van der Waals surface area contributed by atoms with Crippen molar-refractivity contribution in [2.45, 2.75) is 23.5 Å². The van der Waals surface area contributed by atoms with E-state index in [-0.39, 0.29) is 5.91 Å². The number of hydrogen-bond acceptors (Lipinski definition) is 7. The molecule has 0 aliphatic carbocycles. The van der Waals surface area contributed by atoms with E-state index in [2.05, 4.69) is 50.0 Å². The molecule has 1 saturated heterocycles. The summed E-state index contributed by atoms with van der Waals surface area (Å²) in [6.45, 7) is 6.80. The Hall–Kier alpha value is -2.65. The molecule has 1 amide bonds. The highest BCUT2D eigenvalue weighted by molar-refractivity contribution is 8.00. The summed E-state index contributed by atoms with van der Waals surface area (Å²) in [6, 6.07) is 8.28. The molecule has 2 aromatic heterocycles. The third-order valence-electron chi connectivity index (χ3n) is 6.08. The molecule has 2 aliphatic rings. The van der Waals surface area contributed by atoms with Crippen LogP contribution in [0.5, 0.6) is 0 Å². The maximum absolute atomic E-state index is 13.2. The number of amides is 1. The number of benzene rings is 1. The van der Waals surface area contributed by atoms with Crippen molar-refractivity contribution in [3.8, 4) is 0 Å². The Balaban J connectivity index is 1.25. The van der Waals surface area contributed by atoms with Crippen LogP contribution in [0.1, 0.15) is 13.3 Å². The summed E-state index contributed by atoms with van der Waals surface area (Å²) < 4.78 is 1.77. The van der Waals surface area contributed by atoms with E-state index in [1.807, 2.05) is 36.0 Å². The predicted molar refractivity (Wildman–Crippen MR) is 124 cm³/mol. The van der Waals surface area contributed by atoms with Crippen LogP contribution in [0, 0.1) is 0 Å². The first-order valence-electron chi connectivity index (χ1n) is 10.8. The second-order valence-corrected chi connectivity index (χ2v) is 9.68. The summed E-state index contributed by atoms with van der Waals surface area (Å²) in [7, 11) is 1.89. The zero-order chi connectivity index (χ0) is 21.4. The molecule has 5 rings (SSSR count). The molecular formula is C22H27N7OS. The predicted octanol–water partition coefficient (Wildman–Crippen LogP) is 2.40. The monoisotopic (exact) mass is 437 g/mol. The number of nitrogens with zero attached hydrogens (tertiary/aromatic N) is 7. The van der Waals surface area contributed by atoms with E-state index >= 15 is 0 Å². The second kappa shape index (κ2) is 8.47. The number of piperazine rings is 1. The van der Waals surface area contributed by atoms with Crippen LogP contribution in [-0.4, -0.2) is 75.1 Å². The minimum absolute atomic E-state index is 0.187. The van der Waals surface area contributed by atoms with Gasteiger partial charge in [-0.3, -0.25) is 14.4 Å². The van der Waals surface area contributed by atoms with Gasteiger partial charge in [0, 0.05) is 49.9 Å². The molecule has 1 unspecified atom stereocenters.